The Bertz CT molecular complexity index is 840. The first-order valence-electron chi connectivity index (χ1n) is 20.7. The fourth-order valence-electron chi connectivity index (χ4n) is 5.81. The van der Waals surface area contributed by atoms with Gasteiger partial charge in [0.15, 0.2) is 6.10 Å². The normalized spacial score (nSPS) is 13.4. The molecule has 50 heavy (non-hydrogen) atoms. The fourth-order valence-corrected chi connectivity index (χ4v) is 6.57. The number of carbonyl (C=O) groups excluding carboxylic acids is 2. The number of rotatable bonds is 39. The van der Waals surface area contributed by atoms with Crippen LogP contribution in [0, 0.1) is 0 Å². The quantitative estimate of drug-likeness (QED) is 0.0274. The molecule has 1 unspecified atom stereocenters. The Balaban J connectivity index is 4.15. The van der Waals surface area contributed by atoms with Crippen LogP contribution in [-0.2, 0) is 32.7 Å². The Labute approximate surface area is 307 Å². The Morgan fingerprint density at radius 1 is 0.580 bits per heavy atom. The zero-order valence-electron chi connectivity index (χ0n) is 32.4. The van der Waals surface area contributed by atoms with Crippen LogP contribution in [0.3, 0.4) is 0 Å². The van der Waals surface area contributed by atoms with Gasteiger partial charge in [-0.05, 0) is 38.5 Å². The van der Waals surface area contributed by atoms with Crippen molar-refractivity contribution >= 4 is 19.8 Å². The van der Waals surface area contributed by atoms with E-state index in [1.165, 1.54) is 122 Å². The van der Waals surface area contributed by atoms with Crippen LogP contribution in [-0.4, -0.2) is 49.3 Å². The maximum absolute atomic E-state index is 12.5. The van der Waals surface area contributed by atoms with Crippen LogP contribution in [0.2, 0.25) is 0 Å². The Morgan fingerprint density at radius 3 is 1.42 bits per heavy atom. The van der Waals surface area contributed by atoms with Gasteiger partial charge in [-0.3, -0.25) is 18.6 Å². The molecule has 0 amide bonds. The van der Waals surface area contributed by atoms with Crippen molar-refractivity contribution in [2.45, 2.75) is 206 Å². The molecule has 0 heterocycles. The fraction of sp³-hybridized carbons (Fsp3) is 0.900. The lowest BCUT2D eigenvalue weighted by atomic mass is 10.0. The molecule has 0 aromatic carbocycles. The lowest BCUT2D eigenvalue weighted by molar-refractivity contribution is -0.161. The van der Waals surface area contributed by atoms with Crippen LogP contribution in [0.1, 0.15) is 200 Å². The third-order valence-electron chi connectivity index (χ3n) is 8.90. The van der Waals surface area contributed by atoms with Crippen LogP contribution in [0.5, 0.6) is 0 Å². The summed E-state index contributed by atoms with van der Waals surface area (Å²) >= 11 is 0. The maximum Gasteiger partial charge on any atom is 0.472 e. The first kappa shape index (κ1) is 48.8. The van der Waals surface area contributed by atoms with E-state index in [-0.39, 0.29) is 38.6 Å². The molecular formula is C40H78NO8P. The summed E-state index contributed by atoms with van der Waals surface area (Å²) in [6, 6.07) is 0. The summed E-state index contributed by atoms with van der Waals surface area (Å²) in [4.78, 5) is 34.8. The topological polar surface area (TPSA) is 134 Å². The van der Waals surface area contributed by atoms with E-state index in [1.54, 1.807) is 0 Å². The van der Waals surface area contributed by atoms with Crippen molar-refractivity contribution in [1.82, 2.24) is 0 Å². The van der Waals surface area contributed by atoms with E-state index in [1.807, 2.05) is 0 Å². The van der Waals surface area contributed by atoms with Crippen LogP contribution in [0.25, 0.3) is 0 Å². The second-order valence-corrected chi connectivity index (χ2v) is 15.3. The van der Waals surface area contributed by atoms with E-state index in [9.17, 15) is 19.0 Å². The first-order chi connectivity index (χ1) is 24.3. The van der Waals surface area contributed by atoms with Crippen molar-refractivity contribution in [3.05, 3.63) is 12.2 Å². The van der Waals surface area contributed by atoms with E-state index >= 15 is 0 Å². The summed E-state index contributed by atoms with van der Waals surface area (Å²) in [6.45, 7) is 3.73. The number of phosphoric ester groups is 1. The van der Waals surface area contributed by atoms with Crippen LogP contribution in [0.15, 0.2) is 12.2 Å². The largest absolute Gasteiger partial charge is 0.472 e. The number of carbonyl (C=O) groups is 2. The molecule has 0 radical (unpaired) electrons. The van der Waals surface area contributed by atoms with Crippen molar-refractivity contribution in [3.63, 3.8) is 0 Å². The number of phosphoric acid groups is 1. The van der Waals surface area contributed by atoms with Gasteiger partial charge in [-0.15, -0.1) is 0 Å². The highest BCUT2D eigenvalue weighted by atomic mass is 31.2. The molecule has 0 aromatic heterocycles. The molecule has 0 saturated heterocycles. The van der Waals surface area contributed by atoms with E-state index < -0.39 is 26.5 Å². The van der Waals surface area contributed by atoms with Crippen LogP contribution >= 0.6 is 7.82 Å². The first-order valence-corrected chi connectivity index (χ1v) is 22.2. The van der Waals surface area contributed by atoms with Gasteiger partial charge in [-0.2, -0.15) is 0 Å². The number of nitrogens with two attached hydrogens (primary N) is 1. The Hall–Kier alpha value is -1.25. The summed E-state index contributed by atoms with van der Waals surface area (Å²) in [5.41, 5.74) is 5.34. The van der Waals surface area contributed by atoms with Gasteiger partial charge in [0.25, 0.3) is 0 Å². The summed E-state index contributed by atoms with van der Waals surface area (Å²) in [7, 11) is -4.37. The molecule has 0 bridgehead atoms. The summed E-state index contributed by atoms with van der Waals surface area (Å²) in [5, 5.41) is 0. The molecule has 0 fully saturated rings. The minimum absolute atomic E-state index is 0.0553. The third kappa shape index (κ3) is 36.5. The van der Waals surface area contributed by atoms with E-state index in [0.29, 0.717) is 6.42 Å². The van der Waals surface area contributed by atoms with Gasteiger partial charge in [-0.25, -0.2) is 4.57 Å². The van der Waals surface area contributed by atoms with Crippen molar-refractivity contribution < 1.29 is 37.6 Å². The minimum Gasteiger partial charge on any atom is -0.462 e. The predicted octanol–water partition coefficient (Wildman–Crippen LogP) is 11.4. The average Bonchev–Trinajstić information content (AvgIpc) is 3.10. The molecule has 296 valence electrons. The second kappa shape index (κ2) is 37.5. The highest BCUT2D eigenvalue weighted by molar-refractivity contribution is 7.47. The smallest absolute Gasteiger partial charge is 0.462 e. The predicted molar refractivity (Wildman–Crippen MR) is 206 cm³/mol. The monoisotopic (exact) mass is 732 g/mol. The zero-order chi connectivity index (χ0) is 36.8. The molecule has 9 nitrogen and oxygen atoms in total. The van der Waals surface area contributed by atoms with Gasteiger partial charge in [0.2, 0.25) is 0 Å². The minimum atomic E-state index is -4.37. The average molecular weight is 732 g/mol. The van der Waals surface area contributed by atoms with Crippen LogP contribution < -0.4 is 5.73 Å². The van der Waals surface area contributed by atoms with Gasteiger partial charge in [0, 0.05) is 19.4 Å². The molecule has 0 spiro atoms. The highest BCUT2D eigenvalue weighted by Crippen LogP contribution is 2.43. The van der Waals surface area contributed by atoms with Gasteiger partial charge in [0.1, 0.15) is 6.61 Å². The standard InChI is InChI=1S/C40H78NO8P/c1-3-5-7-9-11-13-15-17-18-19-20-21-23-25-27-29-31-33-40(43)49-38(37-48-50(44,45)47-35-34-41)36-46-39(42)32-30-28-26-24-22-16-14-12-10-8-6-4-2/h17-18,38H,3-16,19-37,41H2,1-2H3,(H,44,45)/b18-17+/t38-/m1/s1. The Kier molecular flexibility index (Phi) is 36.6. The molecule has 0 aliphatic rings. The van der Waals surface area contributed by atoms with Crippen molar-refractivity contribution in [1.29, 1.82) is 0 Å². The molecule has 0 aliphatic heterocycles. The molecule has 0 aromatic rings. The van der Waals surface area contributed by atoms with E-state index in [2.05, 4.69) is 26.0 Å². The number of hydrogen-bond acceptors (Lipinski definition) is 8. The molecular weight excluding hydrogens is 653 g/mol. The van der Waals surface area contributed by atoms with Gasteiger partial charge in [-0.1, -0.05) is 161 Å². The summed E-state index contributed by atoms with van der Waals surface area (Å²) in [5.74, 6) is -0.826. The molecule has 0 rings (SSSR count). The van der Waals surface area contributed by atoms with E-state index in [4.69, 9.17) is 24.3 Å². The summed E-state index contributed by atoms with van der Waals surface area (Å²) in [6.07, 6.45) is 36.6. The summed E-state index contributed by atoms with van der Waals surface area (Å²) < 4.78 is 32.7. The number of hydrogen-bond donors (Lipinski definition) is 2. The second-order valence-electron chi connectivity index (χ2n) is 13.9. The van der Waals surface area contributed by atoms with Crippen molar-refractivity contribution in [2.24, 2.45) is 5.73 Å². The zero-order valence-corrected chi connectivity index (χ0v) is 33.3. The Morgan fingerprint density at radius 2 is 0.980 bits per heavy atom. The van der Waals surface area contributed by atoms with Crippen molar-refractivity contribution in [3.8, 4) is 0 Å². The molecule has 3 N–H and O–H groups in total. The molecule has 10 heteroatoms. The van der Waals surface area contributed by atoms with Gasteiger partial charge < -0.3 is 20.1 Å². The van der Waals surface area contributed by atoms with E-state index in [0.717, 1.165) is 44.9 Å². The molecule has 0 aliphatic carbocycles. The number of allylic oxidation sites excluding steroid dienone is 2. The SMILES string of the molecule is CCCCCCCC/C=C/CCCCCCCCCC(=O)O[C@H](COC(=O)CCCCCCCCCCCCCC)COP(=O)(O)OCCN. The van der Waals surface area contributed by atoms with Crippen molar-refractivity contribution in [2.75, 3.05) is 26.4 Å². The maximum atomic E-state index is 12.5. The number of unbranched alkanes of at least 4 members (excludes halogenated alkanes) is 24. The third-order valence-corrected chi connectivity index (χ3v) is 9.89. The van der Waals surface area contributed by atoms with Gasteiger partial charge in [0.05, 0.1) is 13.2 Å². The lowest BCUT2D eigenvalue weighted by Gasteiger charge is -2.19. The van der Waals surface area contributed by atoms with Gasteiger partial charge >= 0.3 is 19.8 Å². The van der Waals surface area contributed by atoms with Crippen LogP contribution in [0.4, 0.5) is 0 Å². The number of ether oxygens (including phenoxy) is 2. The molecule has 2 atom stereocenters. The highest BCUT2D eigenvalue weighted by Gasteiger charge is 2.26. The lowest BCUT2D eigenvalue weighted by Crippen LogP contribution is -2.29. The molecule has 0 saturated carbocycles. The number of esters is 2.